The molecule has 4 rings (SSSR count). The van der Waals surface area contributed by atoms with Crippen LogP contribution >= 0.6 is 34.8 Å². The summed E-state index contributed by atoms with van der Waals surface area (Å²) in [5, 5.41) is 22.2. The zero-order valence-electron chi connectivity index (χ0n) is 26.8. The fourth-order valence-electron chi connectivity index (χ4n) is 4.53. The minimum absolute atomic E-state index is 0.0116. The van der Waals surface area contributed by atoms with E-state index in [-0.39, 0.29) is 67.2 Å². The Labute approximate surface area is 305 Å². The molecule has 3 N–H and O–H groups in total. The molecule has 4 aromatic rings. The van der Waals surface area contributed by atoms with Crippen molar-refractivity contribution in [2.75, 3.05) is 46.5 Å². The van der Waals surface area contributed by atoms with E-state index in [0.29, 0.717) is 12.2 Å². The second-order valence-corrected chi connectivity index (χ2v) is 17.2. The molecule has 0 fully saturated rings. The number of hydrogen-bond donors (Lipinski definition) is 3. The van der Waals surface area contributed by atoms with Gasteiger partial charge in [0, 0.05) is 25.3 Å². The lowest BCUT2D eigenvalue weighted by Gasteiger charge is -2.24. The molecule has 0 aliphatic heterocycles. The number of azo groups is 1. The molecule has 1 heterocycles. The molecule has 0 spiro atoms. The van der Waals surface area contributed by atoms with Crippen molar-refractivity contribution in [2.45, 2.75) is 18.7 Å². The van der Waals surface area contributed by atoms with Crippen molar-refractivity contribution in [2.24, 2.45) is 10.2 Å². The van der Waals surface area contributed by atoms with Crippen LogP contribution in [0.4, 0.5) is 28.6 Å². The molecule has 3 aromatic carbocycles. The van der Waals surface area contributed by atoms with Crippen LogP contribution in [0.5, 0.6) is 0 Å². The van der Waals surface area contributed by atoms with E-state index in [0.717, 1.165) is 34.9 Å². The molecular weight excluding hydrogens is 773 g/mol. The maximum Gasteiger partial charge on any atom is 0.262 e. The van der Waals surface area contributed by atoms with Gasteiger partial charge in [-0.3, -0.25) is 9.44 Å². The molecule has 21 heteroatoms. The summed E-state index contributed by atoms with van der Waals surface area (Å²) in [7, 11) is -11.4. The number of anilines is 3. The highest BCUT2D eigenvalue weighted by Gasteiger charge is 2.23. The van der Waals surface area contributed by atoms with Crippen LogP contribution in [0, 0.1) is 18.3 Å². The monoisotopic (exact) mass is 801 g/mol. The summed E-state index contributed by atoms with van der Waals surface area (Å²) in [5.74, 6) is -0.145. The van der Waals surface area contributed by atoms with Crippen LogP contribution in [0.1, 0.15) is 18.1 Å². The Morgan fingerprint density at radius 3 is 2.16 bits per heavy atom. The van der Waals surface area contributed by atoms with Crippen molar-refractivity contribution in [3.8, 4) is 11.8 Å². The number of aromatic nitrogens is 2. The topological polar surface area (TPSA) is 208 Å². The number of halogens is 3. The minimum Gasteiger partial charge on any atom is -0.370 e. The molecule has 0 aliphatic carbocycles. The number of likely N-dealkylation sites (N-methyl/N-ethyl adjacent to an activating group) is 1. The number of nitrogens with zero attached hydrogens (tertiary/aromatic N) is 6. The molecule has 15 nitrogen and oxygen atoms in total. The fourth-order valence-corrected chi connectivity index (χ4v) is 7.67. The van der Waals surface area contributed by atoms with Gasteiger partial charge in [-0.1, -0.05) is 40.9 Å². The average molecular weight is 803 g/mol. The Balaban J connectivity index is 1.72. The lowest BCUT2D eigenvalue weighted by atomic mass is 10.2. The van der Waals surface area contributed by atoms with E-state index in [1.807, 2.05) is 17.9 Å². The molecule has 0 bridgehead atoms. The van der Waals surface area contributed by atoms with Gasteiger partial charge in [-0.05, 0) is 61.9 Å². The van der Waals surface area contributed by atoms with E-state index < -0.39 is 30.1 Å². The Hall–Kier alpha value is -3.96. The molecule has 0 amide bonds. The number of sulfonamides is 3. The Bertz CT molecular complexity index is 2320. The van der Waals surface area contributed by atoms with E-state index in [1.165, 1.54) is 18.3 Å². The first-order chi connectivity index (χ1) is 23.3. The zero-order valence-corrected chi connectivity index (χ0v) is 31.5. The second-order valence-electron chi connectivity index (χ2n) is 10.8. The van der Waals surface area contributed by atoms with E-state index >= 15 is 0 Å². The summed E-state index contributed by atoms with van der Waals surface area (Å²) >= 11 is 19.3. The zero-order chi connectivity index (χ0) is 37.0. The van der Waals surface area contributed by atoms with Gasteiger partial charge in [-0.2, -0.15) is 10.4 Å². The highest BCUT2D eigenvalue weighted by Crippen LogP contribution is 2.38. The lowest BCUT2D eigenvalue weighted by molar-refractivity contribution is 0.586. The van der Waals surface area contributed by atoms with Gasteiger partial charge < -0.3 is 4.90 Å². The predicted octanol–water partition coefficient (Wildman–Crippen LogP) is 5.98. The molecule has 50 heavy (non-hydrogen) atoms. The van der Waals surface area contributed by atoms with E-state index in [4.69, 9.17) is 34.8 Å². The fraction of sp³-hybridized carbons (Fsp3) is 0.241. The first-order valence-electron chi connectivity index (χ1n) is 14.3. The standard InChI is InChI=1S/C29H30Cl3N9O6S3/c1-5-40(11-10-35-48(3,42)43)20-7-9-25(27(13-20)38-49(4,44)45)36-37-29-19(16-33)17-34-41(29)28-23(31)14-21(15-24(28)32)50(46,47)39-26-12-18(2)6-8-22(26)30/h6-9,12-15,17,35,38-39H,5,10-11H2,1-4H3. The highest BCUT2D eigenvalue weighted by atomic mass is 35.5. The normalized spacial score (nSPS) is 12.2. The van der Waals surface area contributed by atoms with Gasteiger partial charge >= 0.3 is 0 Å². The highest BCUT2D eigenvalue weighted by molar-refractivity contribution is 7.92. The Kier molecular flexibility index (Phi) is 12.0. The molecule has 0 unspecified atom stereocenters. The van der Waals surface area contributed by atoms with Crippen molar-refractivity contribution in [1.29, 1.82) is 5.26 Å². The molecule has 1 aromatic heterocycles. The van der Waals surface area contributed by atoms with Crippen LogP contribution in [-0.2, 0) is 30.1 Å². The quantitative estimate of drug-likeness (QED) is 0.128. The van der Waals surface area contributed by atoms with E-state index in [1.54, 1.807) is 31.2 Å². The van der Waals surface area contributed by atoms with Crippen molar-refractivity contribution in [1.82, 2.24) is 14.5 Å². The van der Waals surface area contributed by atoms with E-state index in [9.17, 15) is 30.5 Å². The largest absolute Gasteiger partial charge is 0.370 e. The number of aryl methyl sites for hydroxylation is 1. The number of nitriles is 1. The first kappa shape index (κ1) is 38.8. The maximum absolute atomic E-state index is 13.2. The second kappa shape index (κ2) is 15.5. The van der Waals surface area contributed by atoms with Gasteiger partial charge in [0.05, 0.1) is 50.0 Å². The van der Waals surface area contributed by atoms with Crippen LogP contribution in [0.25, 0.3) is 5.69 Å². The third kappa shape index (κ3) is 9.84. The summed E-state index contributed by atoms with van der Waals surface area (Å²) < 4.78 is 82.3. The van der Waals surface area contributed by atoms with Gasteiger partial charge in [0.25, 0.3) is 10.0 Å². The Morgan fingerprint density at radius 2 is 1.56 bits per heavy atom. The lowest BCUT2D eigenvalue weighted by Crippen LogP contribution is -2.34. The smallest absolute Gasteiger partial charge is 0.262 e. The first-order valence-corrected chi connectivity index (χ1v) is 20.7. The minimum atomic E-state index is -4.21. The summed E-state index contributed by atoms with van der Waals surface area (Å²) in [6, 6.07) is 13.7. The van der Waals surface area contributed by atoms with Gasteiger partial charge in [-0.15, -0.1) is 10.2 Å². The summed E-state index contributed by atoms with van der Waals surface area (Å²) in [4.78, 5) is 1.53. The number of hydrogen-bond acceptors (Lipinski definition) is 11. The Morgan fingerprint density at radius 1 is 0.880 bits per heavy atom. The van der Waals surface area contributed by atoms with Gasteiger partial charge in [0.15, 0.2) is 5.82 Å². The van der Waals surface area contributed by atoms with Crippen LogP contribution in [-0.4, -0.2) is 67.2 Å². The van der Waals surface area contributed by atoms with Crippen LogP contribution in [0.3, 0.4) is 0 Å². The van der Waals surface area contributed by atoms with Crippen LogP contribution < -0.4 is 19.1 Å². The third-order valence-electron chi connectivity index (χ3n) is 6.76. The summed E-state index contributed by atoms with van der Waals surface area (Å²) in [6.07, 6.45) is 3.18. The van der Waals surface area contributed by atoms with Crippen molar-refractivity contribution < 1.29 is 25.3 Å². The van der Waals surface area contributed by atoms with Crippen LogP contribution in [0.15, 0.2) is 69.9 Å². The van der Waals surface area contributed by atoms with Gasteiger partial charge in [-0.25, -0.2) is 34.7 Å². The average Bonchev–Trinajstić information content (AvgIpc) is 3.41. The SMILES string of the molecule is CCN(CCNS(C)(=O)=O)c1ccc(N=Nc2c(C#N)cnn2-c2c(Cl)cc(S(=O)(=O)Nc3cc(C)ccc3Cl)cc2Cl)c(NS(C)(=O)=O)c1. The molecule has 0 aliphatic rings. The van der Waals surface area contributed by atoms with Gasteiger partial charge in [0.2, 0.25) is 20.0 Å². The molecule has 0 atom stereocenters. The number of nitrogens with one attached hydrogen (secondary N) is 3. The summed E-state index contributed by atoms with van der Waals surface area (Å²) in [6.45, 7) is 4.47. The molecule has 266 valence electrons. The van der Waals surface area contributed by atoms with Crippen molar-refractivity contribution in [3.05, 3.63) is 80.9 Å². The van der Waals surface area contributed by atoms with E-state index in [2.05, 4.69) is 29.5 Å². The van der Waals surface area contributed by atoms with Crippen LogP contribution in [0.2, 0.25) is 15.1 Å². The summed E-state index contributed by atoms with van der Waals surface area (Å²) in [5.41, 5.74) is 1.51. The van der Waals surface area contributed by atoms with Crippen molar-refractivity contribution >= 4 is 93.4 Å². The predicted molar refractivity (Wildman–Crippen MR) is 195 cm³/mol. The molecule has 0 radical (unpaired) electrons. The molecule has 0 saturated carbocycles. The number of benzene rings is 3. The van der Waals surface area contributed by atoms with Gasteiger partial charge in [0.1, 0.15) is 23.0 Å². The third-order valence-corrected chi connectivity index (χ3v) is 10.3. The molecular formula is C29H30Cl3N9O6S3. The molecule has 0 saturated heterocycles. The maximum atomic E-state index is 13.2. The van der Waals surface area contributed by atoms with Crippen molar-refractivity contribution in [3.63, 3.8) is 0 Å². The number of rotatable bonds is 14.